The Kier molecular flexibility index (Phi) is 5.30. The molecule has 1 aliphatic heterocycles. The van der Waals surface area contributed by atoms with Gasteiger partial charge in [0.05, 0.1) is 10.6 Å². The number of sulfonamides is 1. The van der Waals surface area contributed by atoms with Crippen molar-refractivity contribution in [1.82, 2.24) is 0 Å². The number of benzene rings is 3. The van der Waals surface area contributed by atoms with Gasteiger partial charge in [0.15, 0.2) is 0 Å². The van der Waals surface area contributed by atoms with Crippen LogP contribution in [0, 0.1) is 0 Å². The minimum Gasteiger partial charge on any atom is -0.310 e. The van der Waals surface area contributed by atoms with Crippen LogP contribution in [0.2, 0.25) is 5.02 Å². The minimum absolute atomic E-state index is 0.0837. The molecule has 0 unspecified atom stereocenters. The van der Waals surface area contributed by atoms with Crippen LogP contribution in [0.1, 0.15) is 5.56 Å². The van der Waals surface area contributed by atoms with E-state index < -0.39 is 10.0 Å². The molecule has 29 heavy (non-hydrogen) atoms. The molecule has 148 valence electrons. The van der Waals surface area contributed by atoms with Gasteiger partial charge in [-0.25, -0.2) is 8.42 Å². The lowest BCUT2D eigenvalue weighted by Crippen LogP contribution is -2.42. The van der Waals surface area contributed by atoms with E-state index in [1.807, 2.05) is 24.3 Å². The molecule has 7 heteroatoms. The van der Waals surface area contributed by atoms with Crippen molar-refractivity contribution in [2.45, 2.75) is 11.3 Å². The van der Waals surface area contributed by atoms with Crippen molar-refractivity contribution in [1.29, 1.82) is 0 Å². The lowest BCUT2D eigenvalue weighted by Gasteiger charge is -2.27. The lowest BCUT2D eigenvalue weighted by atomic mass is 10.2. The Morgan fingerprint density at radius 1 is 0.931 bits per heavy atom. The summed E-state index contributed by atoms with van der Waals surface area (Å²) in [5.74, 6) is -0.267. The number of nitrogens with zero attached hydrogens (tertiary/aromatic N) is 2. The summed E-state index contributed by atoms with van der Waals surface area (Å²) in [6.45, 7) is 0.255. The van der Waals surface area contributed by atoms with Crippen molar-refractivity contribution in [3.8, 4) is 0 Å². The largest absolute Gasteiger partial charge is 0.310 e. The van der Waals surface area contributed by atoms with Crippen LogP contribution < -0.4 is 9.21 Å². The first-order chi connectivity index (χ1) is 14.0. The zero-order valence-corrected chi connectivity index (χ0v) is 17.1. The molecule has 1 amide bonds. The fraction of sp³-hybridized carbons (Fsp3) is 0.136. The Balaban J connectivity index is 1.69. The van der Waals surface area contributed by atoms with Crippen LogP contribution in [0.25, 0.3) is 0 Å². The second kappa shape index (κ2) is 7.89. The maximum absolute atomic E-state index is 13.4. The molecule has 0 aliphatic carbocycles. The second-order valence-electron chi connectivity index (χ2n) is 6.73. The van der Waals surface area contributed by atoms with Gasteiger partial charge < -0.3 is 4.90 Å². The summed E-state index contributed by atoms with van der Waals surface area (Å²) in [5.41, 5.74) is 2.37. The highest BCUT2D eigenvalue weighted by atomic mass is 35.5. The fourth-order valence-corrected chi connectivity index (χ4v) is 4.99. The molecule has 1 heterocycles. The predicted molar refractivity (Wildman–Crippen MR) is 115 cm³/mol. The number of hydrogen-bond donors (Lipinski definition) is 0. The van der Waals surface area contributed by atoms with E-state index in [9.17, 15) is 13.2 Å². The fourth-order valence-electron chi connectivity index (χ4n) is 3.45. The van der Waals surface area contributed by atoms with Crippen molar-refractivity contribution >= 4 is 38.9 Å². The molecule has 4 rings (SSSR count). The number of rotatable bonds is 5. The van der Waals surface area contributed by atoms with E-state index in [0.717, 1.165) is 22.0 Å². The third kappa shape index (κ3) is 3.86. The van der Waals surface area contributed by atoms with Gasteiger partial charge in [0.2, 0.25) is 5.91 Å². The maximum atomic E-state index is 13.4. The molecule has 1 aliphatic rings. The summed E-state index contributed by atoms with van der Waals surface area (Å²) in [6, 6.07) is 22.3. The normalized spacial score (nSPS) is 13.2. The molecule has 0 atom stereocenters. The summed E-state index contributed by atoms with van der Waals surface area (Å²) in [4.78, 5) is 14.9. The summed E-state index contributed by atoms with van der Waals surface area (Å²) < 4.78 is 27.9. The van der Waals surface area contributed by atoms with Crippen molar-refractivity contribution in [2.24, 2.45) is 0 Å². The topological polar surface area (TPSA) is 57.7 Å². The highest BCUT2D eigenvalue weighted by Crippen LogP contribution is 2.29. The number of amides is 1. The number of fused-ring (bicyclic) bond motifs is 1. The van der Waals surface area contributed by atoms with Crippen molar-refractivity contribution in [3.05, 3.63) is 89.4 Å². The molecule has 0 spiro atoms. The molecule has 0 bridgehead atoms. The molecule has 0 N–H and O–H groups in total. The Bertz CT molecular complexity index is 1130. The highest BCUT2D eigenvalue weighted by Gasteiger charge is 2.31. The zero-order chi connectivity index (χ0) is 20.4. The maximum Gasteiger partial charge on any atom is 0.264 e. The molecule has 0 radical (unpaired) electrons. The lowest BCUT2D eigenvalue weighted by molar-refractivity contribution is -0.117. The van der Waals surface area contributed by atoms with Crippen LogP contribution in [0.15, 0.2) is 83.8 Å². The molecule has 3 aromatic rings. The smallest absolute Gasteiger partial charge is 0.264 e. The number of anilines is 2. The molecular weight excluding hydrogens is 408 g/mol. The van der Waals surface area contributed by atoms with Crippen molar-refractivity contribution in [3.63, 3.8) is 0 Å². The van der Waals surface area contributed by atoms with E-state index in [4.69, 9.17) is 11.6 Å². The summed E-state index contributed by atoms with van der Waals surface area (Å²) in [7, 11) is -3.95. The van der Waals surface area contributed by atoms with E-state index in [-0.39, 0.29) is 17.3 Å². The van der Waals surface area contributed by atoms with E-state index in [1.54, 1.807) is 35.2 Å². The van der Waals surface area contributed by atoms with Gasteiger partial charge in [-0.2, -0.15) is 0 Å². The Morgan fingerprint density at radius 3 is 2.31 bits per heavy atom. The van der Waals surface area contributed by atoms with Crippen molar-refractivity contribution < 1.29 is 13.2 Å². The molecule has 0 fully saturated rings. The quantitative estimate of drug-likeness (QED) is 0.616. The van der Waals surface area contributed by atoms with Crippen LogP contribution in [-0.2, 0) is 21.2 Å². The van der Waals surface area contributed by atoms with Gasteiger partial charge in [0.25, 0.3) is 10.0 Å². The van der Waals surface area contributed by atoms with Gasteiger partial charge in [-0.1, -0.05) is 48.0 Å². The van der Waals surface area contributed by atoms with E-state index in [1.165, 1.54) is 24.3 Å². The van der Waals surface area contributed by atoms with Crippen LogP contribution in [-0.4, -0.2) is 27.4 Å². The average molecular weight is 427 g/mol. The van der Waals surface area contributed by atoms with Gasteiger partial charge in [-0.3, -0.25) is 9.10 Å². The molecule has 0 saturated carbocycles. The van der Waals surface area contributed by atoms with Crippen LogP contribution in [0.5, 0.6) is 0 Å². The van der Waals surface area contributed by atoms with Crippen LogP contribution in [0.4, 0.5) is 11.4 Å². The Morgan fingerprint density at radius 2 is 1.59 bits per heavy atom. The first-order valence-electron chi connectivity index (χ1n) is 9.18. The number of hydrogen-bond acceptors (Lipinski definition) is 3. The van der Waals surface area contributed by atoms with E-state index in [0.29, 0.717) is 17.3 Å². The Labute approximate surface area is 175 Å². The molecule has 0 saturated heterocycles. The van der Waals surface area contributed by atoms with Gasteiger partial charge in [-0.15, -0.1) is 0 Å². The first kappa shape index (κ1) is 19.5. The number of carbonyl (C=O) groups excluding carboxylic acids is 1. The second-order valence-corrected chi connectivity index (χ2v) is 9.02. The van der Waals surface area contributed by atoms with Gasteiger partial charge in [0, 0.05) is 17.3 Å². The summed E-state index contributed by atoms with van der Waals surface area (Å²) in [5, 5.41) is 0.444. The monoisotopic (exact) mass is 426 g/mol. The molecule has 5 nitrogen and oxygen atoms in total. The van der Waals surface area contributed by atoms with Gasteiger partial charge in [-0.05, 0) is 54.4 Å². The third-order valence-corrected chi connectivity index (χ3v) is 6.95. The zero-order valence-electron chi connectivity index (χ0n) is 15.5. The summed E-state index contributed by atoms with van der Waals surface area (Å²) in [6.07, 6.45) is 0.761. The van der Waals surface area contributed by atoms with Crippen LogP contribution in [0.3, 0.4) is 0 Å². The standard InChI is InChI=1S/C22H19ClN2O3S/c23-18-10-12-20(13-11-18)29(27,28)25(19-7-2-1-3-8-19)16-22(26)24-15-14-17-6-4-5-9-21(17)24/h1-13H,14-16H2. The van der Waals surface area contributed by atoms with Crippen molar-refractivity contribution in [2.75, 3.05) is 22.3 Å². The van der Waals surface area contributed by atoms with Gasteiger partial charge >= 0.3 is 0 Å². The third-order valence-electron chi connectivity index (χ3n) is 4.91. The SMILES string of the molecule is O=C(CN(c1ccccc1)S(=O)(=O)c1ccc(Cl)cc1)N1CCc2ccccc21. The van der Waals surface area contributed by atoms with Gasteiger partial charge in [0.1, 0.15) is 6.54 Å². The highest BCUT2D eigenvalue weighted by molar-refractivity contribution is 7.92. The number of carbonyl (C=O) groups is 1. The minimum atomic E-state index is -3.95. The van der Waals surface area contributed by atoms with E-state index in [2.05, 4.69) is 0 Å². The summed E-state index contributed by atoms with van der Waals surface area (Å²) >= 11 is 5.91. The number of halogens is 1. The first-order valence-corrected chi connectivity index (χ1v) is 11.0. The average Bonchev–Trinajstić information content (AvgIpc) is 3.17. The predicted octanol–water partition coefficient (Wildman–Crippen LogP) is 4.12. The van der Waals surface area contributed by atoms with E-state index >= 15 is 0 Å². The Hall–Kier alpha value is -2.83. The molecule has 3 aromatic carbocycles. The molecule has 0 aromatic heterocycles. The number of para-hydroxylation sites is 2. The molecular formula is C22H19ClN2O3S. The van der Waals surface area contributed by atoms with Crippen LogP contribution >= 0.6 is 11.6 Å².